The molecule has 0 radical (unpaired) electrons. The number of aryl methyl sites for hydroxylation is 1. The number of carbonyl (C=O) groups is 1. The molecule has 2 aromatic carbocycles. The van der Waals surface area contributed by atoms with Gasteiger partial charge in [0.25, 0.3) is 0 Å². The largest absolute Gasteiger partial charge is 0.461 e. The number of anilines is 2. The van der Waals surface area contributed by atoms with E-state index in [1.807, 2.05) is 55.5 Å². The highest BCUT2D eigenvalue weighted by atomic mass is 16.5. The van der Waals surface area contributed by atoms with Crippen LogP contribution in [0.1, 0.15) is 17.2 Å². The van der Waals surface area contributed by atoms with E-state index in [1.54, 1.807) is 0 Å². The molecule has 0 bridgehead atoms. The Balaban J connectivity index is 1.69. The lowest BCUT2D eigenvalue weighted by Gasteiger charge is -2.19. The number of Topliss-reactive ketones (excluding diaryl/α,β-unsaturated/α-hetero) is 1. The second-order valence-electron chi connectivity index (χ2n) is 5.22. The minimum absolute atomic E-state index is 0.0405. The van der Waals surface area contributed by atoms with Gasteiger partial charge in [0, 0.05) is 5.56 Å². The van der Waals surface area contributed by atoms with Crippen LogP contribution in [0, 0.1) is 6.92 Å². The third-order valence-electron chi connectivity index (χ3n) is 3.85. The molecule has 4 rings (SSSR count). The van der Waals surface area contributed by atoms with Crippen molar-refractivity contribution in [1.82, 2.24) is 0 Å². The summed E-state index contributed by atoms with van der Waals surface area (Å²) in [5, 5.41) is 6.35. The van der Waals surface area contributed by atoms with Crippen molar-refractivity contribution in [2.75, 3.05) is 10.6 Å². The molecule has 4 nitrogen and oxygen atoms in total. The van der Waals surface area contributed by atoms with E-state index >= 15 is 0 Å². The average Bonchev–Trinajstić information content (AvgIpc) is 2.82. The van der Waals surface area contributed by atoms with Crippen molar-refractivity contribution in [2.45, 2.75) is 13.0 Å². The number of nitrogens with one attached hydrogen (secondary N) is 2. The second kappa shape index (κ2) is 4.38. The lowest BCUT2D eigenvalue weighted by molar-refractivity contribution is -0.121. The number of benzene rings is 2. The zero-order chi connectivity index (χ0) is 14.4. The molecule has 0 aromatic heterocycles. The molecular weight excluding hydrogens is 264 g/mol. The van der Waals surface area contributed by atoms with Gasteiger partial charge in [0.2, 0.25) is 11.7 Å². The molecule has 2 N–H and O–H groups in total. The molecule has 0 saturated heterocycles. The van der Waals surface area contributed by atoms with Gasteiger partial charge in [0.15, 0.2) is 6.10 Å². The van der Waals surface area contributed by atoms with Gasteiger partial charge in [-0.3, -0.25) is 4.79 Å². The first-order valence-corrected chi connectivity index (χ1v) is 6.88. The minimum atomic E-state index is -0.578. The van der Waals surface area contributed by atoms with Crippen LogP contribution in [0.4, 0.5) is 11.4 Å². The molecule has 0 spiro atoms. The van der Waals surface area contributed by atoms with Crippen LogP contribution in [0.5, 0.6) is 0 Å². The number of rotatable bonds is 1. The van der Waals surface area contributed by atoms with Crippen molar-refractivity contribution in [2.24, 2.45) is 0 Å². The maximum absolute atomic E-state index is 12.6. The standard InChI is InChI=1S/C17H14N2O2/c1-10-6-2-3-7-11(10)16-15(20)14-17(21-16)19-13-9-5-4-8-12(13)18-14/h2-9,16,18-19H,1H3/t16-/m1/s1. The summed E-state index contributed by atoms with van der Waals surface area (Å²) in [6, 6.07) is 15.5. The normalized spacial score (nSPS) is 19.3. The Bertz CT molecular complexity index is 780. The summed E-state index contributed by atoms with van der Waals surface area (Å²) in [5.41, 5.74) is 4.26. The van der Waals surface area contributed by atoms with E-state index in [0.717, 1.165) is 22.5 Å². The van der Waals surface area contributed by atoms with Gasteiger partial charge in [-0.2, -0.15) is 0 Å². The SMILES string of the molecule is Cc1ccccc1[C@H]1OC2=C(Nc3ccccc3N2)C1=O. The zero-order valence-corrected chi connectivity index (χ0v) is 11.5. The maximum atomic E-state index is 12.6. The molecule has 1 atom stereocenters. The molecule has 0 amide bonds. The van der Waals surface area contributed by atoms with Gasteiger partial charge in [-0.1, -0.05) is 36.4 Å². The molecule has 0 aliphatic carbocycles. The molecule has 104 valence electrons. The summed E-state index contributed by atoms with van der Waals surface area (Å²) in [4.78, 5) is 12.6. The quantitative estimate of drug-likeness (QED) is 0.840. The summed E-state index contributed by atoms with van der Waals surface area (Å²) in [6.45, 7) is 1.99. The topological polar surface area (TPSA) is 50.4 Å². The Morgan fingerprint density at radius 2 is 1.62 bits per heavy atom. The Hall–Kier alpha value is -2.75. The van der Waals surface area contributed by atoms with Crippen molar-refractivity contribution in [1.29, 1.82) is 0 Å². The predicted octanol–water partition coefficient (Wildman–Crippen LogP) is 3.34. The third-order valence-corrected chi connectivity index (χ3v) is 3.85. The van der Waals surface area contributed by atoms with Crippen LogP contribution in [-0.2, 0) is 9.53 Å². The first kappa shape index (κ1) is 12.0. The van der Waals surface area contributed by atoms with Crippen LogP contribution in [-0.4, -0.2) is 5.78 Å². The fourth-order valence-corrected chi connectivity index (χ4v) is 2.73. The van der Waals surface area contributed by atoms with E-state index in [-0.39, 0.29) is 5.78 Å². The van der Waals surface area contributed by atoms with Crippen molar-refractivity contribution >= 4 is 17.2 Å². The number of ketones is 1. The van der Waals surface area contributed by atoms with Gasteiger partial charge < -0.3 is 15.4 Å². The smallest absolute Gasteiger partial charge is 0.229 e. The number of hydrogen-bond donors (Lipinski definition) is 2. The molecule has 4 heteroatoms. The van der Waals surface area contributed by atoms with Gasteiger partial charge in [0.05, 0.1) is 11.4 Å². The molecule has 21 heavy (non-hydrogen) atoms. The first-order valence-electron chi connectivity index (χ1n) is 6.88. The number of ether oxygens (including phenoxy) is 1. The molecule has 2 aliphatic rings. The summed E-state index contributed by atoms with van der Waals surface area (Å²) in [6.07, 6.45) is -0.578. The second-order valence-corrected chi connectivity index (χ2v) is 5.22. The highest BCUT2D eigenvalue weighted by molar-refractivity contribution is 6.06. The maximum Gasteiger partial charge on any atom is 0.229 e. The van der Waals surface area contributed by atoms with Gasteiger partial charge in [-0.15, -0.1) is 0 Å². The highest BCUT2D eigenvalue weighted by Gasteiger charge is 2.39. The van der Waals surface area contributed by atoms with Crippen molar-refractivity contribution in [3.63, 3.8) is 0 Å². The Morgan fingerprint density at radius 3 is 2.38 bits per heavy atom. The Kier molecular flexibility index (Phi) is 2.51. The van der Waals surface area contributed by atoms with Gasteiger partial charge in [0.1, 0.15) is 5.70 Å². The molecule has 2 heterocycles. The van der Waals surface area contributed by atoms with E-state index < -0.39 is 6.10 Å². The monoisotopic (exact) mass is 278 g/mol. The number of para-hydroxylation sites is 2. The van der Waals surface area contributed by atoms with E-state index in [0.29, 0.717) is 11.6 Å². The molecular formula is C17H14N2O2. The van der Waals surface area contributed by atoms with Crippen LogP contribution < -0.4 is 10.6 Å². The average molecular weight is 278 g/mol. The highest BCUT2D eigenvalue weighted by Crippen LogP contribution is 2.39. The van der Waals surface area contributed by atoms with Crippen molar-refractivity contribution < 1.29 is 9.53 Å². The third kappa shape index (κ3) is 1.80. The summed E-state index contributed by atoms with van der Waals surface area (Å²) in [7, 11) is 0. The Labute approximate surface area is 122 Å². The molecule has 0 fully saturated rings. The van der Waals surface area contributed by atoms with Crippen molar-refractivity contribution in [3.05, 3.63) is 71.2 Å². The van der Waals surface area contributed by atoms with Gasteiger partial charge in [-0.25, -0.2) is 0 Å². The lowest BCUT2D eigenvalue weighted by atomic mass is 10.00. The van der Waals surface area contributed by atoms with Crippen LogP contribution >= 0.6 is 0 Å². The van der Waals surface area contributed by atoms with E-state index in [2.05, 4.69) is 10.6 Å². The summed E-state index contributed by atoms with van der Waals surface area (Å²) in [5.74, 6) is 0.466. The zero-order valence-electron chi connectivity index (χ0n) is 11.5. The van der Waals surface area contributed by atoms with Crippen LogP contribution in [0.25, 0.3) is 0 Å². The number of fused-ring (bicyclic) bond motifs is 1. The molecule has 2 aromatic rings. The van der Waals surface area contributed by atoms with E-state index in [9.17, 15) is 4.79 Å². The van der Waals surface area contributed by atoms with Crippen molar-refractivity contribution in [3.8, 4) is 0 Å². The minimum Gasteiger partial charge on any atom is -0.461 e. The Morgan fingerprint density at radius 1 is 0.952 bits per heavy atom. The van der Waals surface area contributed by atoms with E-state index in [1.165, 1.54) is 0 Å². The molecule has 0 saturated carbocycles. The van der Waals surface area contributed by atoms with Crippen LogP contribution in [0.3, 0.4) is 0 Å². The fraction of sp³-hybridized carbons (Fsp3) is 0.118. The summed E-state index contributed by atoms with van der Waals surface area (Å²) >= 11 is 0. The first-order chi connectivity index (χ1) is 10.2. The van der Waals surface area contributed by atoms with Gasteiger partial charge >= 0.3 is 0 Å². The van der Waals surface area contributed by atoms with Crippen LogP contribution in [0.15, 0.2) is 60.1 Å². The van der Waals surface area contributed by atoms with E-state index in [4.69, 9.17) is 4.74 Å². The molecule has 2 aliphatic heterocycles. The predicted molar refractivity (Wildman–Crippen MR) is 80.7 cm³/mol. The lowest BCUT2D eigenvalue weighted by Crippen LogP contribution is -2.18. The fourth-order valence-electron chi connectivity index (χ4n) is 2.73. The summed E-state index contributed by atoms with van der Waals surface area (Å²) < 4.78 is 5.86. The van der Waals surface area contributed by atoms with Crippen LogP contribution in [0.2, 0.25) is 0 Å². The number of hydrogen-bond acceptors (Lipinski definition) is 4. The number of carbonyl (C=O) groups excluding carboxylic acids is 1. The van der Waals surface area contributed by atoms with Gasteiger partial charge in [-0.05, 0) is 24.6 Å². The molecule has 0 unspecified atom stereocenters.